The summed E-state index contributed by atoms with van der Waals surface area (Å²) in [5.74, 6) is -0.701. The lowest BCUT2D eigenvalue weighted by Crippen LogP contribution is -2.74. The van der Waals surface area contributed by atoms with Crippen molar-refractivity contribution in [1.82, 2.24) is 4.90 Å². The van der Waals surface area contributed by atoms with Gasteiger partial charge in [-0.25, -0.2) is 4.39 Å². The zero-order chi connectivity index (χ0) is 21.7. The fourth-order valence-corrected chi connectivity index (χ4v) is 4.24. The summed E-state index contributed by atoms with van der Waals surface area (Å²) in [5.41, 5.74) is 1.01. The number of amides is 3. The second kappa shape index (κ2) is 7.48. The van der Waals surface area contributed by atoms with Crippen molar-refractivity contribution >= 4 is 23.4 Å². The van der Waals surface area contributed by atoms with E-state index >= 15 is 0 Å². The van der Waals surface area contributed by atoms with Gasteiger partial charge in [0.05, 0.1) is 24.3 Å². The Morgan fingerprint density at radius 1 is 0.806 bits per heavy atom. The Balaban J connectivity index is 1.53. The average Bonchev–Trinajstić information content (AvgIpc) is 3.04. The molecule has 5 rings (SSSR count). The Hall–Kier alpha value is -3.22. The summed E-state index contributed by atoms with van der Waals surface area (Å²) in [6, 6.07) is 11.2. The van der Waals surface area contributed by atoms with E-state index < -0.39 is 36.0 Å². The third kappa shape index (κ3) is 2.94. The van der Waals surface area contributed by atoms with Crippen molar-refractivity contribution in [2.75, 3.05) is 12.0 Å². The van der Waals surface area contributed by atoms with Crippen LogP contribution in [0.2, 0.25) is 0 Å². The van der Waals surface area contributed by atoms with Crippen LogP contribution in [-0.4, -0.2) is 41.8 Å². The number of carbonyl (C=O) groups excluding carboxylic acids is 3. The third-order valence-electron chi connectivity index (χ3n) is 5.75. The molecule has 31 heavy (non-hydrogen) atoms. The Kier molecular flexibility index (Phi) is 4.76. The molecule has 0 aromatic heterocycles. The van der Waals surface area contributed by atoms with Gasteiger partial charge in [-0.15, -0.1) is 0 Å². The third-order valence-corrected chi connectivity index (χ3v) is 5.75. The standard InChI is InChI=1S/C24H17FN2O4/c1-31-15-12-10-14(11-13-15)26-20(18-8-4-5-9-19(18)25)21(24(26)30)27-22(28)16-6-2-3-7-17(16)23(27)29/h2-13,20-21H,1H3/t20-,21+/m1/s1. The number of benzene rings is 2. The van der Waals surface area contributed by atoms with Gasteiger partial charge in [0.25, 0.3) is 17.7 Å². The number of carbonyl (C=O) groups is 3. The zero-order valence-corrected chi connectivity index (χ0v) is 16.5. The van der Waals surface area contributed by atoms with Crippen LogP contribution in [0.4, 0.5) is 10.1 Å². The van der Waals surface area contributed by atoms with E-state index in [1.807, 2.05) is 0 Å². The molecule has 2 fully saturated rings. The highest BCUT2D eigenvalue weighted by molar-refractivity contribution is 6.25. The van der Waals surface area contributed by atoms with E-state index in [0.717, 1.165) is 4.90 Å². The molecule has 0 bridgehead atoms. The maximum Gasteiger partial charge on any atom is 0.262 e. The van der Waals surface area contributed by atoms with Crippen LogP contribution < -0.4 is 9.64 Å². The Morgan fingerprint density at radius 3 is 2.00 bits per heavy atom. The smallest absolute Gasteiger partial charge is 0.262 e. The molecular formula is C24H17FN2O4. The minimum absolute atomic E-state index is 0.236. The fraction of sp³-hybridized carbons (Fsp3) is 0.125. The number of hydrogen-bond acceptors (Lipinski definition) is 4. The number of ether oxygens (including phenoxy) is 1. The lowest BCUT2D eigenvalue weighted by Gasteiger charge is -2.53. The topological polar surface area (TPSA) is 66.9 Å². The molecule has 154 valence electrons. The fourth-order valence-electron chi connectivity index (χ4n) is 4.24. The molecule has 0 N–H and O–H groups in total. The SMILES string of the molecule is COc1ccc(N2C(=O)[C@@H](N3C(=O)c4ccccc4C3=O)[C@H]2[C]2[CH][CH][CH][CH][C]2F)cc1. The summed E-state index contributed by atoms with van der Waals surface area (Å²) in [4.78, 5) is 41.6. The van der Waals surface area contributed by atoms with Gasteiger partial charge in [0.15, 0.2) is 6.17 Å². The zero-order valence-electron chi connectivity index (χ0n) is 16.5. The van der Waals surface area contributed by atoms with Crippen molar-refractivity contribution in [3.63, 3.8) is 0 Å². The quantitative estimate of drug-likeness (QED) is 0.568. The van der Waals surface area contributed by atoms with Crippen molar-refractivity contribution in [3.05, 3.63) is 97.4 Å². The first kappa shape index (κ1) is 19.7. The first-order valence-corrected chi connectivity index (χ1v) is 9.71. The largest absolute Gasteiger partial charge is 0.497 e. The van der Waals surface area contributed by atoms with Gasteiger partial charge in [-0.1, -0.05) is 12.1 Å². The molecule has 3 amide bonds. The second-order valence-electron chi connectivity index (χ2n) is 7.34. The number of hydrogen-bond donors (Lipinski definition) is 0. The summed E-state index contributed by atoms with van der Waals surface area (Å²) in [5, 5.41) is 0. The number of rotatable bonds is 4. The predicted octanol–water partition coefficient (Wildman–Crippen LogP) is 2.98. The van der Waals surface area contributed by atoms with Gasteiger partial charge in [-0.3, -0.25) is 19.3 Å². The minimum atomic E-state index is -1.13. The average molecular weight is 416 g/mol. The molecule has 2 atom stereocenters. The van der Waals surface area contributed by atoms with Crippen LogP contribution in [0.3, 0.4) is 0 Å². The molecule has 1 aliphatic carbocycles. The monoisotopic (exact) mass is 416 g/mol. The van der Waals surface area contributed by atoms with Crippen molar-refractivity contribution in [1.29, 1.82) is 0 Å². The lowest BCUT2D eigenvalue weighted by atomic mass is 9.74. The van der Waals surface area contributed by atoms with Crippen LogP contribution in [0.1, 0.15) is 20.7 Å². The normalized spacial score (nSPS) is 24.4. The van der Waals surface area contributed by atoms with E-state index in [4.69, 9.17) is 4.74 Å². The molecule has 6 radical (unpaired) electrons. The molecule has 6 nitrogen and oxygen atoms in total. The molecule has 2 aromatic rings. The maximum atomic E-state index is 14.8. The number of anilines is 1. The Morgan fingerprint density at radius 2 is 1.42 bits per heavy atom. The summed E-state index contributed by atoms with van der Waals surface area (Å²) in [6.07, 6.45) is 5.55. The van der Waals surface area contributed by atoms with Gasteiger partial charge in [0, 0.05) is 18.0 Å². The molecule has 1 saturated carbocycles. The van der Waals surface area contributed by atoms with Gasteiger partial charge in [-0.05, 0) is 55.7 Å². The van der Waals surface area contributed by atoms with Gasteiger partial charge < -0.3 is 9.64 Å². The first-order chi connectivity index (χ1) is 15.0. The van der Waals surface area contributed by atoms with E-state index in [-0.39, 0.29) is 17.0 Å². The van der Waals surface area contributed by atoms with Gasteiger partial charge in [-0.2, -0.15) is 0 Å². The highest BCUT2D eigenvalue weighted by Gasteiger charge is 2.60. The Bertz CT molecular complexity index is 1020. The number of methoxy groups -OCH3 is 1. The molecule has 2 aliphatic heterocycles. The van der Waals surface area contributed by atoms with Crippen LogP contribution >= 0.6 is 0 Å². The predicted molar refractivity (Wildman–Crippen MR) is 110 cm³/mol. The summed E-state index contributed by atoms with van der Waals surface area (Å²) in [7, 11) is 1.53. The van der Waals surface area contributed by atoms with Crippen LogP contribution in [-0.2, 0) is 4.79 Å². The Labute approximate surface area is 179 Å². The van der Waals surface area contributed by atoms with E-state index in [9.17, 15) is 18.8 Å². The van der Waals surface area contributed by atoms with Crippen molar-refractivity contribution in [2.24, 2.45) is 0 Å². The van der Waals surface area contributed by atoms with E-state index in [2.05, 4.69) is 0 Å². The summed E-state index contributed by atoms with van der Waals surface area (Å²) < 4.78 is 19.9. The molecule has 3 aliphatic rings. The van der Waals surface area contributed by atoms with Gasteiger partial charge >= 0.3 is 0 Å². The van der Waals surface area contributed by atoms with Crippen molar-refractivity contribution < 1.29 is 23.5 Å². The van der Waals surface area contributed by atoms with Gasteiger partial charge in [0.2, 0.25) is 0 Å². The maximum absolute atomic E-state index is 14.8. The highest BCUT2D eigenvalue weighted by Crippen LogP contribution is 2.46. The van der Waals surface area contributed by atoms with Crippen molar-refractivity contribution in [2.45, 2.75) is 12.1 Å². The summed E-state index contributed by atoms with van der Waals surface area (Å²) in [6.45, 7) is 0. The molecule has 2 heterocycles. The van der Waals surface area contributed by atoms with Crippen molar-refractivity contribution in [3.8, 4) is 5.75 Å². The van der Waals surface area contributed by atoms with Gasteiger partial charge in [0.1, 0.15) is 11.8 Å². The number of halogens is 1. The van der Waals surface area contributed by atoms with Crippen LogP contribution in [0, 0.1) is 37.8 Å². The number of imide groups is 1. The molecule has 7 heteroatoms. The number of nitrogens with zero attached hydrogens (tertiary/aromatic N) is 2. The molecular weight excluding hydrogens is 399 g/mol. The van der Waals surface area contributed by atoms with Crippen LogP contribution in [0.25, 0.3) is 0 Å². The van der Waals surface area contributed by atoms with E-state index in [1.54, 1.807) is 67.8 Å². The molecule has 0 unspecified atom stereocenters. The first-order valence-electron chi connectivity index (χ1n) is 9.71. The molecule has 2 aromatic carbocycles. The number of β-lactam (4-membered cyclic amide) rings is 1. The molecule has 1 saturated heterocycles. The van der Waals surface area contributed by atoms with E-state index in [0.29, 0.717) is 11.4 Å². The van der Waals surface area contributed by atoms with Crippen LogP contribution in [0.15, 0.2) is 48.5 Å². The summed E-state index contributed by atoms with van der Waals surface area (Å²) >= 11 is 0. The minimum Gasteiger partial charge on any atom is -0.497 e. The number of fused-ring (bicyclic) bond motifs is 1. The second-order valence-corrected chi connectivity index (χ2v) is 7.34. The van der Waals surface area contributed by atoms with Crippen LogP contribution in [0.5, 0.6) is 5.75 Å². The molecule has 0 spiro atoms. The lowest BCUT2D eigenvalue weighted by molar-refractivity contribution is -0.129. The van der Waals surface area contributed by atoms with E-state index in [1.165, 1.54) is 18.4 Å². The highest BCUT2D eigenvalue weighted by atomic mass is 19.1.